The standard InChI is InChI=1S/C17H15Cl2NOS/c18-13-6-7-14(15(19)11-13)17-20(8-9-22-17)16(21)10-12-4-2-1-3-5-12/h1-7,11,17H,8-10H2. The van der Waals surface area contributed by atoms with Gasteiger partial charge in [-0.2, -0.15) is 0 Å². The third kappa shape index (κ3) is 3.43. The number of nitrogens with zero attached hydrogens (tertiary/aromatic N) is 1. The molecule has 0 bridgehead atoms. The van der Waals surface area contributed by atoms with Gasteiger partial charge in [-0.15, -0.1) is 11.8 Å². The van der Waals surface area contributed by atoms with Crippen LogP contribution in [0.1, 0.15) is 16.5 Å². The summed E-state index contributed by atoms with van der Waals surface area (Å²) in [6, 6.07) is 15.3. The molecule has 1 aliphatic rings. The zero-order valence-corrected chi connectivity index (χ0v) is 14.2. The van der Waals surface area contributed by atoms with Gasteiger partial charge in [-0.3, -0.25) is 4.79 Å². The van der Waals surface area contributed by atoms with E-state index in [1.165, 1.54) is 0 Å². The molecular weight excluding hydrogens is 337 g/mol. The van der Waals surface area contributed by atoms with E-state index in [4.69, 9.17) is 23.2 Å². The van der Waals surface area contributed by atoms with Gasteiger partial charge >= 0.3 is 0 Å². The summed E-state index contributed by atoms with van der Waals surface area (Å²) in [5.41, 5.74) is 1.99. The number of benzene rings is 2. The first-order valence-corrected chi connectivity index (χ1v) is 8.85. The van der Waals surface area contributed by atoms with Crippen LogP contribution in [0.4, 0.5) is 0 Å². The Balaban J connectivity index is 1.79. The van der Waals surface area contributed by atoms with E-state index in [2.05, 4.69) is 0 Å². The number of hydrogen-bond acceptors (Lipinski definition) is 2. The maximum atomic E-state index is 12.6. The van der Waals surface area contributed by atoms with Crippen molar-refractivity contribution in [1.29, 1.82) is 0 Å². The molecule has 1 fully saturated rings. The second-order valence-electron chi connectivity index (χ2n) is 5.14. The van der Waals surface area contributed by atoms with Crippen LogP contribution in [0.25, 0.3) is 0 Å². The average molecular weight is 352 g/mol. The molecule has 1 saturated heterocycles. The van der Waals surface area contributed by atoms with Gasteiger partial charge in [-0.1, -0.05) is 59.6 Å². The molecule has 1 aliphatic heterocycles. The van der Waals surface area contributed by atoms with Crippen molar-refractivity contribution in [2.45, 2.75) is 11.8 Å². The number of thioether (sulfide) groups is 1. The van der Waals surface area contributed by atoms with Crippen LogP contribution in [0.3, 0.4) is 0 Å². The molecule has 0 aromatic heterocycles. The molecule has 1 heterocycles. The van der Waals surface area contributed by atoms with Crippen molar-refractivity contribution in [1.82, 2.24) is 4.90 Å². The van der Waals surface area contributed by atoms with Gasteiger partial charge in [0, 0.05) is 27.9 Å². The number of carbonyl (C=O) groups is 1. The van der Waals surface area contributed by atoms with Crippen molar-refractivity contribution in [3.8, 4) is 0 Å². The number of rotatable bonds is 3. The van der Waals surface area contributed by atoms with Crippen LogP contribution in [0.15, 0.2) is 48.5 Å². The highest BCUT2D eigenvalue weighted by atomic mass is 35.5. The maximum absolute atomic E-state index is 12.6. The van der Waals surface area contributed by atoms with Crippen molar-refractivity contribution in [2.24, 2.45) is 0 Å². The Labute approximate surface area is 144 Å². The van der Waals surface area contributed by atoms with E-state index in [1.54, 1.807) is 17.8 Å². The van der Waals surface area contributed by atoms with E-state index in [1.807, 2.05) is 47.4 Å². The normalized spacial score (nSPS) is 17.7. The zero-order chi connectivity index (χ0) is 15.5. The van der Waals surface area contributed by atoms with Crippen LogP contribution in [-0.2, 0) is 11.2 Å². The molecule has 0 aliphatic carbocycles. The van der Waals surface area contributed by atoms with Gasteiger partial charge in [0.15, 0.2) is 0 Å². The van der Waals surface area contributed by atoms with Crippen molar-refractivity contribution < 1.29 is 4.79 Å². The second kappa shape index (κ2) is 6.95. The molecule has 0 spiro atoms. The molecule has 114 valence electrons. The number of amides is 1. The summed E-state index contributed by atoms with van der Waals surface area (Å²) >= 11 is 14.0. The quantitative estimate of drug-likeness (QED) is 0.790. The molecule has 2 aromatic rings. The Morgan fingerprint density at radius 2 is 1.95 bits per heavy atom. The number of hydrogen-bond donors (Lipinski definition) is 0. The average Bonchev–Trinajstić information content (AvgIpc) is 2.97. The fourth-order valence-electron chi connectivity index (χ4n) is 2.56. The molecular formula is C17H15Cl2NOS. The lowest BCUT2D eigenvalue weighted by atomic mass is 10.1. The van der Waals surface area contributed by atoms with Crippen LogP contribution in [0.5, 0.6) is 0 Å². The van der Waals surface area contributed by atoms with Gasteiger partial charge in [0.25, 0.3) is 0 Å². The summed E-state index contributed by atoms with van der Waals surface area (Å²) in [4.78, 5) is 14.5. The van der Waals surface area contributed by atoms with Crippen molar-refractivity contribution in [3.63, 3.8) is 0 Å². The monoisotopic (exact) mass is 351 g/mol. The van der Waals surface area contributed by atoms with Gasteiger partial charge in [-0.05, 0) is 17.7 Å². The third-order valence-corrected chi connectivity index (χ3v) is 5.44. The highest BCUT2D eigenvalue weighted by Crippen LogP contribution is 2.41. The van der Waals surface area contributed by atoms with Gasteiger partial charge < -0.3 is 4.90 Å². The van der Waals surface area contributed by atoms with Crippen LogP contribution in [0.2, 0.25) is 10.0 Å². The molecule has 0 radical (unpaired) electrons. The molecule has 1 unspecified atom stereocenters. The Morgan fingerprint density at radius 1 is 1.18 bits per heavy atom. The summed E-state index contributed by atoms with van der Waals surface area (Å²) in [6.45, 7) is 0.750. The summed E-state index contributed by atoms with van der Waals surface area (Å²) in [7, 11) is 0. The topological polar surface area (TPSA) is 20.3 Å². The highest BCUT2D eigenvalue weighted by molar-refractivity contribution is 7.99. The van der Waals surface area contributed by atoms with Gasteiger partial charge in [0.1, 0.15) is 5.37 Å². The van der Waals surface area contributed by atoms with E-state index < -0.39 is 0 Å². The summed E-state index contributed by atoms with van der Waals surface area (Å²) in [5.74, 6) is 1.05. The zero-order valence-electron chi connectivity index (χ0n) is 11.8. The summed E-state index contributed by atoms with van der Waals surface area (Å²) in [6.07, 6.45) is 0.420. The van der Waals surface area contributed by atoms with Crippen LogP contribution < -0.4 is 0 Å². The Kier molecular flexibility index (Phi) is 4.97. The lowest BCUT2D eigenvalue weighted by Crippen LogP contribution is -2.31. The first-order chi connectivity index (χ1) is 10.6. The summed E-state index contributed by atoms with van der Waals surface area (Å²) < 4.78 is 0. The minimum atomic E-state index is -0.0269. The maximum Gasteiger partial charge on any atom is 0.228 e. The van der Waals surface area contributed by atoms with Crippen molar-refractivity contribution >= 4 is 40.9 Å². The van der Waals surface area contributed by atoms with Crippen molar-refractivity contribution in [2.75, 3.05) is 12.3 Å². The SMILES string of the molecule is O=C(Cc1ccccc1)N1CCSC1c1ccc(Cl)cc1Cl. The first kappa shape index (κ1) is 15.7. The Morgan fingerprint density at radius 3 is 2.68 bits per heavy atom. The Bertz CT molecular complexity index is 678. The van der Waals surface area contributed by atoms with Gasteiger partial charge in [-0.25, -0.2) is 0 Å². The molecule has 0 N–H and O–H groups in total. The molecule has 2 aromatic carbocycles. The molecule has 2 nitrogen and oxygen atoms in total. The largest absolute Gasteiger partial charge is 0.325 e. The van der Waals surface area contributed by atoms with Crippen LogP contribution in [-0.4, -0.2) is 23.1 Å². The Hall–Kier alpha value is -1.16. The van der Waals surface area contributed by atoms with E-state index in [-0.39, 0.29) is 11.3 Å². The van der Waals surface area contributed by atoms with Gasteiger partial charge in [0.2, 0.25) is 5.91 Å². The molecule has 0 saturated carbocycles. The van der Waals surface area contributed by atoms with Crippen LogP contribution in [0, 0.1) is 0 Å². The second-order valence-corrected chi connectivity index (χ2v) is 7.17. The van der Waals surface area contributed by atoms with E-state index in [0.29, 0.717) is 16.5 Å². The first-order valence-electron chi connectivity index (χ1n) is 7.05. The van der Waals surface area contributed by atoms with Gasteiger partial charge in [0.05, 0.1) is 6.42 Å². The predicted molar refractivity (Wildman–Crippen MR) is 93.5 cm³/mol. The van der Waals surface area contributed by atoms with Crippen LogP contribution >= 0.6 is 35.0 Å². The minimum absolute atomic E-state index is 0.0269. The smallest absolute Gasteiger partial charge is 0.228 e. The highest BCUT2D eigenvalue weighted by Gasteiger charge is 2.31. The third-order valence-electron chi connectivity index (χ3n) is 3.64. The molecule has 1 atom stereocenters. The lowest BCUT2D eigenvalue weighted by molar-refractivity contribution is -0.130. The van der Waals surface area contributed by atoms with Crippen molar-refractivity contribution in [3.05, 3.63) is 69.7 Å². The fraction of sp³-hybridized carbons (Fsp3) is 0.235. The summed E-state index contributed by atoms with van der Waals surface area (Å²) in [5, 5.41) is 1.20. The number of carbonyl (C=O) groups excluding carboxylic acids is 1. The molecule has 5 heteroatoms. The molecule has 3 rings (SSSR count). The van der Waals surface area contributed by atoms with E-state index >= 15 is 0 Å². The fourth-order valence-corrected chi connectivity index (χ4v) is 4.45. The minimum Gasteiger partial charge on any atom is -0.325 e. The van der Waals surface area contributed by atoms with E-state index in [9.17, 15) is 4.79 Å². The lowest BCUT2D eigenvalue weighted by Gasteiger charge is -2.25. The number of halogens is 2. The molecule has 22 heavy (non-hydrogen) atoms. The van der Waals surface area contributed by atoms with E-state index in [0.717, 1.165) is 23.4 Å². The predicted octanol–water partition coefficient (Wildman–Crippen LogP) is 4.81. The molecule has 1 amide bonds.